The summed E-state index contributed by atoms with van der Waals surface area (Å²) in [5, 5.41) is 5.88. The third kappa shape index (κ3) is 5.43. The molecule has 0 unspecified atom stereocenters. The number of benzene rings is 1. The van der Waals surface area contributed by atoms with E-state index in [4.69, 9.17) is 0 Å². The van der Waals surface area contributed by atoms with E-state index < -0.39 is 0 Å². The maximum absolute atomic E-state index is 11.9. The molecule has 2 N–H and O–H groups in total. The Morgan fingerprint density at radius 1 is 1.22 bits per heavy atom. The fourth-order valence-corrected chi connectivity index (χ4v) is 2.39. The molecule has 0 aliphatic rings. The average molecular weight is 314 g/mol. The predicted molar refractivity (Wildman–Crippen MR) is 92.6 cm³/mol. The highest BCUT2D eigenvalue weighted by atomic mass is 16.2. The lowest BCUT2D eigenvalue weighted by Gasteiger charge is -2.16. The standard InChI is InChI=1S/C18H26N4O/c1-14(2)5-4-10-20-18(23)21-15(3)16-6-8-17(9-7-16)22-12-11-19-13-22/h6-9,11-15H,4-5,10H2,1-3H3,(H2,20,21,23)/t15-/m1/s1. The van der Waals surface area contributed by atoms with Crippen LogP contribution in [0.5, 0.6) is 0 Å². The molecule has 5 nitrogen and oxygen atoms in total. The van der Waals surface area contributed by atoms with Crippen LogP contribution in [0, 0.1) is 5.92 Å². The summed E-state index contributed by atoms with van der Waals surface area (Å²) in [6, 6.07) is 7.96. The van der Waals surface area contributed by atoms with Gasteiger partial charge in [0.05, 0.1) is 12.4 Å². The van der Waals surface area contributed by atoms with Gasteiger partial charge in [-0.15, -0.1) is 0 Å². The summed E-state index contributed by atoms with van der Waals surface area (Å²) in [7, 11) is 0. The highest BCUT2D eigenvalue weighted by Gasteiger charge is 2.09. The molecule has 2 aromatic rings. The van der Waals surface area contributed by atoms with Crippen molar-refractivity contribution in [1.29, 1.82) is 0 Å². The first-order chi connectivity index (χ1) is 11.1. The number of carbonyl (C=O) groups excluding carboxylic acids is 1. The van der Waals surface area contributed by atoms with Crippen LogP contribution in [-0.4, -0.2) is 22.1 Å². The molecular weight excluding hydrogens is 288 g/mol. The molecule has 1 atom stereocenters. The van der Waals surface area contributed by atoms with E-state index in [0.717, 1.165) is 30.6 Å². The molecule has 1 heterocycles. The summed E-state index contributed by atoms with van der Waals surface area (Å²) >= 11 is 0. The molecule has 0 aliphatic heterocycles. The van der Waals surface area contributed by atoms with E-state index in [9.17, 15) is 4.79 Å². The third-order valence-electron chi connectivity index (χ3n) is 3.79. The molecule has 0 radical (unpaired) electrons. The Hall–Kier alpha value is -2.30. The molecule has 124 valence electrons. The van der Waals surface area contributed by atoms with Gasteiger partial charge in [0.25, 0.3) is 0 Å². The normalized spacial score (nSPS) is 12.2. The lowest BCUT2D eigenvalue weighted by atomic mass is 10.1. The van der Waals surface area contributed by atoms with Gasteiger partial charge in [-0.25, -0.2) is 9.78 Å². The van der Waals surface area contributed by atoms with Gasteiger partial charge in [-0.1, -0.05) is 26.0 Å². The lowest BCUT2D eigenvalue weighted by molar-refractivity contribution is 0.237. The van der Waals surface area contributed by atoms with Crippen LogP contribution in [-0.2, 0) is 0 Å². The van der Waals surface area contributed by atoms with E-state index in [2.05, 4.69) is 29.5 Å². The molecule has 0 aliphatic carbocycles. The average Bonchev–Trinajstić information content (AvgIpc) is 3.06. The summed E-state index contributed by atoms with van der Waals surface area (Å²) in [6.07, 6.45) is 7.56. The van der Waals surface area contributed by atoms with E-state index in [1.807, 2.05) is 42.0 Å². The minimum atomic E-state index is -0.111. The minimum absolute atomic E-state index is 0.0306. The van der Waals surface area contributed by atoms with Gasteiger partial charge in [-0.2, -0.15) is 0 Å². The van der Waals surface area contributed by atoms with Crippen LogP contribution in [0.25, 0.3) is 5.69 Å². The number of rotatable bonds is 7. The van der Waals surface area contributed by atoms with Crippen molar-refractivity contribution in [2.24, 2.45) is 5.92 Å². The first kappa shape index (κ1) is 17.1. The summed E-state index contributed by atoms with van der Waals surface area (Å²) in [5.74, 6) is 0.674. The number of hydrogen-bond acceptors (Lipinski definition) is 2. The topological polar surface area (TPSA) is 59.0 Å². The highest BCUT2D eigenvalue weighted by molar-refractivity contribution is 5.74. The first-order valence-corrected chi connectivity index (χ1v) is 8.19. The molecule has 0 saturated heterocycles. The summed E-state index contributed by atoms with van der Waals surface area (Å²) in [5.41, 5.74) is 2.13. The Kier molecular flexibility index (Phi) is 6.20. The lowest BCUT2D eigenvalue weighted by Crippen LogP contribution is -2.37. The van der Waals surface area contributed by atoms with Gasteiger partial charge in [0.1, 0.15) is 0 Å². The SMILES string of the molecule is CC(C)CCCNC(=O)N[C@H](C)c1ccc(-n2ccnc2)cc1. The number of imidazole rings is 1. The van der Waals surface area contributed by atoms with E-state index in [-0.39, 0.29) is 12.1 Å². The van der Waals surface area contributed by atoms with Crippen LogP contribution >= 0.6 is 0 Å². The van der Waals surface area contributed by atoms with E-state index in [1.165, 1.54) is 0 Å². The summed E-state index contributed by atoms with van der Waals surface area (Å²) < 4.78 is 1.95. The number of nitrogens with zero attached hydrogens (tertiary/aromatic N) is 2. The van der Waals surface area contributed by atoms with Gasteiger partial charge >= 0.3 is 6.03 Å². The zero-order valence-electron chi connectivity index (χ0n) is 14.1. The Morgan fingerprint density at radius 3 is 2.57 bits per heavy atom. The van der Waals surface area contributed by atoms with Crippen molar-refractivity contribution >= 4 is 6.03 Å². The molecule has 1 aromatic heterocycles. The molecule has 2 amide bonds. The van der Waals surface area contributed by atoms with Crippen molar-refractivity contribution < 1.29 is 4.79 Å². The second-order valence-electron chi connectivity index (χ2n) is 6.22. The smallest absolute Gasteiger partial charge is 0.315 e. The molecule has 5 heteroatoms. The number of amides is 2. The number of carbonyl (C=O) groups is 1. The summed E-state index contributed by atoms with van der Waals surface area (Å²) in [6.45, 7) is 7.08. The van der Waals surface area contributed by atoms with E-state index in [0.29, 0.717) is 5.92 Å². The van der Waals surface area contributed by atoms with Crippen LogP contribution in [0.2, 0.25) is 0 Å². The van der Waals surface area contributed by atoms with Crippen molar-refractivity contribution in [2.45, 2.75) is 39.7 Å². The molecule has 0 bridgehead atoms. The monoisotopic (exact) mass is 314 g/mol. The largest absolute Gasteiger partial charge is 0.338 e. The number of aromatic nitrogens is 2. The van der Waals surface area contributed by atoms with Gasteiger partial charge in [0.15, 0.2) is 0 Å². The molecule has 2 rings (SSSR count). The van der Waals surface area contributed by atoms with Crippen LogP contribution in [0.4, 0.5) is 4.79 Å². The highest BCUT2D eigenvalue weighted by Crippen LogP contribution is 2.15. The molecule has 1 aromatic carbocycles. The number of nitrogens with one attached hydrogen (secondary N) is 2. The van der Waals surface area contributed by atoms with Gasteiger partial charge in [0, 0.05) is 24.6 Å². The van der Waals surface area contributed by atoms with Crippen molar-refractivity contribution in [3.63, 3.8) is 0 Å². The van der Waals surface area contributed by atoms with Crippen molar-refractivity contribution in [3.8, 4) is 5.69 Å². The molecule has 0 spiro atoms. The van der Waals surface area contributed by atoms with Crippen molar-refractivity contribution in [2.75, 3.05) is 6.54 Å². The van der Waals surface area contributed by atoms with Crippen LogP contribution in [0.15, 0.2) is 43.0 Å². The second kappa shape index (κ2) is 8.36. The maximum Gasteiger partial charge on any atom is 0.315 e. The van der Waals surface area contributed by atoms with Gasteiger partial charge in [0.2, 0.25) is 0 Å². The third-order valence-corrected chi connectivity index (χ3v) is 3.79. The minimum Gasteiger partial charge on any atom is -0.338 e. The molecular formula is C18H26N4O. The van der Waals surface area contributed by atoms with Gasteiger partial charge < -0.3 is 15.2 Å². The first-order valence-electron chi connectivity index (χ1n) is 8.19. The van der Waals surface area contributed by atoms with Crippen molar-refractivity contribution in [1.82, 2.24) is 20.2 Å². The second-order valence-corrected chi connectivity index (χ2v) is 6.22. The van der Waals surface area contributed by atoms with Crippen molar-refractivity contribution in [3.05, 3.63) is 48.5 Å². The van der Waals surface area contributed by atoms with E-state index >= 15 is 0 Å². The predicted octanol–water partition coefficient (Wildman–Crippen LogP) is 3.67. The van der Waals surface area contributed by atoms with E-state index in [1.54, 1.807) is 12.5 Å². The Labute approximate surface area is 138 Å². The maximum atomic E-state index is 11.9. The molecule has 0 saturated carbocycles. The fraction of sp³-hybridized carbons (Fsp3) is 0.444. The Morgan fingerprint density at radius 2 is 1.96 bits per heavy atom. The van der Waals surface area contributed by atoms with Gasteiger partial charge in [-0.05, 0) is 43.4 Å². The zero-order valence-corrected chi connectivity index (χ0v) is 14.1. The molecule has 23 heavy (non-hydrogen) atoms. The fourth-order valence-electron chi connectivity index (χ4n) is 2.39. The number of urea groups is 1. The zero-order chi connectivity index (χ0) is 16.7. The quantitative estimate of drug-likeness (QED) is 0.766. The summed E-state index contributed by atoms with van der Waals surface area (Å²) in [4.78, 5) is 15.9. The Bertz CT molecular complexity index is 590. The van der Waals surface area contributed by atoms with Gasteiger partial charge in [-0.3, -0.25) is 0 Å². The number of hydrogen-bond donors (Lipinski definition) is 2. The van der Waals surface area contributed by atoms with Crippen LogP contribution < -0.4 is 10.6 Å². The van der Waals surface area contributed by atoms with Crippen LogP contribution in [0.3, 0.4) is 0 Å². The van der Waals surface area contributed by atoms with Crippen LogP contribution in [0.1, 0.15) is 45.2 Å². The Balaban J connectivity index is 1.81. The molecule has 0 fully saturated rings.